The Hall–Kier alpha value is -3.43. The van der Waals surface area contributed by atoms with Gasteiger partial charge in [-0.2, -0.15) is 0 Å². The summed E-state index contributed by atoms with van der Waals surface area (Å²) in [6.07, 6.45) is 5.43. The van der Waals surface area contributed by atoms with Gasteiger partial charge < -0.3 is 14.6 Å². The van der Waals surface area contributed by atoms with Gasteiger partial charge in [-0.25, -0.2) is 4.98 Å². The van der Waals surface area contributed by atoms with Crippen molar-refractivity contribution in [2.75, 3.05) is 18.1 Å². The molecule has 2 aromatic carbocycles. The molecule has 9 heteroatoms. The number of carbonyl (C=O) groups excluding carboxylic acids is 2. The number of Topliss-reactive ketones (excluding diaryl/α,β-unsaturated/α-hetero) is 1. The lowest BCUT2D eigenvalue weighted by Crippen LogP contribution is -2.39. The van der Waals surface area contributed by atoms with Gasteiger partial charge in [-0.15, -0.1) is 11.3 Å². The number of thiophene rings is 1. The number of ketones is 1. The first kappa shape index (κ1) is 25.8. The number of carbonyl (C=O) groups is 2. The van der Waals surface area contributed by atoms with Crippen molar-refractivity contribution in [2.24, 2.45) is 0 Å². The minimum absolute atomic E-state index is 0.00493. The molecule has 0 bridgehead atoms. The number of aryl methyl sites for hydroxylation is 2. The first-order valence-electron chi connectivity index (χ1n) is 13.3. The summed E-state index contributed by atoms with van der Waals surface area (Å²) in [5.74, 6) is 0.377. The number of hydrogen-bond donors (Lipinski definition) is 1. The zero-order valence-electron chi connectivity index (χ0n) is 21.9. The van der Waals surface area contributed by atoms with E-state index in [2.05, 4.69) is 23.2 Å². The number of H-pyrrole nitrogens is 1. The molecule has 4 aromatic rings. The summed E-state index contributed by atoms with van der Waals surface area (Å²) in [4.78, 5) is 48.9. The maximum Gasteiger partial charge on any atom is 0.265 e. The Kier molecular flexibility index (Phi) is 7.03. The van der Waals surface area contributed by atoms with Crippen molar-refractivity contribution in [2.45, 2.75) is 56.4 Å². The van der Waals surface area contributed by atoms with E-state index in [9.17, 15) is 14.4 Å². The number of hydrogen-bond acceptors (Lipinski definition) is 7. The Bertz CT molecular complexity index is 1660. The fraction of sp³-hybridized carbons (Fsp3) is 0.333. The van der Waals surface area contributed by atoms with Crippen LogP contribution >= 0.6 is 23.1 Å². The molecule has 2 aromatic heterocycles. The van der Waals surface area contributed by atoms with Crippen molar-refractivity contribution in [3.05, 3.63) is 68.8 Å². The van der Waals surface area contributed by atoms with Crippen molar-refractivity contribution in [3.63, 3.8) is 0 Å². The maximum absolute atomic E-state index is 13.4. The molecule has 6 rings (SSSR count). The van der Waals surface area contributed by atoms with Crippen molar-refractivity contribution >= 4 is 50.7 Å². The Morgan fingerprint density at radius 3 is 2.79 bits per heavy atom. The van der Waals surface area contributed by atoms with Gasteiger partial charge in [0.05, 0.1) is 16.3 Å². The van der Waals surface area contributed by atoms with Crippen LogP contribution in [0.3, 0.4) is 0 Å². The molecule has 1 unspecified atom stereocenters. The number of rotatable bonds is 7. The maximum atomic E-state index is 13.4. The van der Waals surface area contributed by atoms with Crippen molar-refractivity contribution in [3.8, 4) is 16.9 Å². The van der Waals surface area contributed by atoms with E-state index in [1.807, 2.05) is 12.3 Å². The standard InChI is InChI=1S/C30H29N3O4S2/c1-3-12-33-23-14-21(10-11-24(23)37-15-25(33)34)27(35)17(2)39-30-31-28(36)26-22(16-38-29(26)32-30)20-9-8-18-6-4-5-7-19(18)13-20/h8-11,13-14,16-17H,3-7,12,15H2,1-2H3,(H,31,32,36). The molecule has 7 nitrogen and oxygen atoms in total. The summed E-state index contributed by atoms with van der Waals surface area (Å²) >= 11 is 2.67. The molecular weight excluding hydrogens is 530 g/mol. The minimum atomic E-state index is -0.497. The van der Waals surface area contributed by atoms with Crippen LogP contribution in [0.15, 0.2) is 51.7 Å². The number of nitrogens with one attached hydrogen (secondary N) is 1. The van der Waals surface area contributed by atoms with E-state index in [1.54, 1.807) is 30.0 Å². The fourth-order valence-electron chi connectivity index (χ4n) is 5.38. The number of aromatic nitrogens is 2. The molecule has 0 saturated heterocycles. The molecule has 0 saturated carbocycles. The van der Waals surface area contributed by atoms with Gasteiger partial charge >= 0.3 is 0 Å². The zero-order chi connectivity index (χ0) is 27.1. The third kappa shape index (κ3) is 4.89. The molecule has 1 aliphatic heterocycles. The van der Waals surface area contributed by atoms with Gasteiger partial charge in [0.15, 0.2) is 17.5 Å². The first-order chi connectivity index (χ1) is 18.9. The summed E-state index contributed by atoms with van der Waals surface area (Å²) in [6, 6.07) is 11.7. The van der Waals surface area contributed by atoms with Gasteiger partial charge in [-0.1, -0.05) is 36.9 Å². The van der Waals surface area contributed by atoms with E-state index in [-0.39, 0.29) is 23.9 Å². The summed E-state index contributed by atoms with van der Waals surface area (Å²) in [7, 11) is 0. The average Bonchev–Trinajstić information content (AvgIpc) is 3.38. The van der Waals surface area contributed by atoms with Gasteiger partial charge in [-0.05, 0) is 73.9 Å². The number of fused-ring (bicyclic) bond motifs is 3. The smallest absolute Gasteiger partial charge is 0.265 e. The first-order valence-corrected chi connectivity index (χ1v) is 15.1. The molecule has 0 fully saturated rings. The van der Waals surface area contributed by atoms with Gasteiger partial charge in [0, 0.05) is 23.1 Å². The monoisotopic (exact) mass is 559 g/mol. The van der Waals surface area contributed by atoms with Crippen LogP contribution in [0.5, 0.6) is 5.75 Å². The molecule has 3 heterocycles. The number of anilines is 1. The van der Waals surface area contributed by atoms with E-state index in [0.29, 0.717) is 38.9 Å². The summed E-state index contributed by atoms with van der Waals surface area (Å²) in [6.45, 7) is 4.38. The zero-order valence-corrected chi connectivity index (χ0v) is 23.5. The lowest BCUT2D eigenvalue weighted by Gasteiger charge is -2.29. The summed E-state index contributed by atoms with van der Waals surface area (Å²) in [5, 5.41) is 2.51. The third-order valence-electron chi connectivity index (χ3n) is 7.37. The number of thioether (sulfide) groups is 1. The van der Waals surface area contributed by atoms with Crippen LogP contribution in [0.2, 0.25) is 0 Å². The largest absolute Gasteiger partial charge is 0.482 e. The molecule has 1 amide bonds. The highest BCUT2D eigenvalue weighted by Crippen LogP contribution is 2.36. The lowest BCUT2D eigenvalue weighted by atomic mass is 9.89. The van der Waals surface area contributed by atoms with E-state index in [4.69, 9.17) is 9.72 Å². The van der Waals surface area contributed by atoms with E-state index in [1.165, 1.54) is 47.1 Å². The van der Waals surface area contributed by atoms with Crippen molar-refractivity contribution in [1.29, 1.82) is 0 Å². The number of aromatic amines is 1. The Labute approximate surface area is 234 Å². The van der Waals surface area contributed by atoms with Gasteiger partial charge in [0.25, 0.3) is 11.5 Å². The van der Waals surface area contributed by atoms with Crippen molar-refractivity contribution < 1.29 is 14.3 Å². The second-order valence-corrected chi connectivity index (χ2v) is 12.2. The SMILES string of the molecule is CCCN1C(=O)COc2ccc(C(=O)C(C)Sc3nc4scc(-c5ccc6c(c5)CCCC6)c4c(=O)[nH]3)cc21. The van der Waals surface area contributed by atoms with Crippen LogP contribution in [-0.4, -0.2) is 40.1 Å². The fourth-order valence-corrected chi connectivity index (χ4v) is 7.26. The average molecular weight is 560 g/mol. The number of ether oxygens (including phenoxy) is 1. The van der Waals surface area contributed by atoms with Crippen LogP contribution in [0.25, 0.3) is 21.3 Å². The third-order valence-corrected chi connectivity index (χ3v) is 9.23. The topological polar surface area (TPSA) is 92.4 Å². The van der Waals surface area contributed by atoms with E-state index in [0.717, 1.165) is 30.4 Å². The van der Waals surface area contributed by atoms with Crippen LogP contribution in [0.1, 0.15) is 54.6 Å². The highest BCUT2D eigenvalue weighted by Gasteiger charge is 2.27. The Morgan fingerprint density at radius 2 is 1.97 bits per heavy atom. The normalized spacial score (nSPS) is 15.5. The molecule has 200 valence electrons. The van der Waals surface area contributed by atoms with Gasteiger partial charge in [0.2, 0.25) is 0 Å². The molecule has 0 radical (unpaired) electrons. The van der Waals surface area contributed by atoms with Crippen LogP contribution in [-0.2, 0) is 17.6 Å². The molecular formula is C30H29N3O4S2. The number of amides is 1. The second kappa shape index (κ2) is 10.6. The number of nitrogens with zero attached hydrogens (tertiary/aromatic N) is 2. The highest BCUT2D eigenvalue weighted by atomic mass is 32.2. The van der Waals surface area contributed by atoms with Crippen LogP contribution in [0, 0.1) is 0 Å². The predicted octanol–water partition coefficient (Wildman–Crippen LogP) is 6.03. The molecule has 2 aliphatic rings. The van der Waals surface area contributed by atoms with Gasteiger partial charge in [0.1, 0.15) is 10.6 Å². The molecule has 1 N–H and O–H groups in total. The summed E-state index contributed by atoms with van der Waals surface area (Å²) < 4.78 is 5.56. The van der Waals surface area contributed by atoms with Crippen molar-refractivity contribution in [1.82, 2.24) is 9.97 Å². The molecule has 1 atom stereocenters. The Morgan fingerprint density at radius 1 is 1.15 bits per heavy atom. The van der Waals surface area contributed by atoms with Crippen LogP contribution < -0.4 is 15.2 Å². The van der Waals surface area contributed by atoms with E-state index >= 15 is 0 Å². The van der Waals surface area contributed by atoms with Crippen LogP contribution in [0.4, 0.5) is 5.69 Å². The lowest BCUT2D eigenvalue weighted by molar-refractivity contribution is -0.121. The predicted molar refractivity (Wildman–Crippen MR) is 157 cm³/mol. The molecule has 0 spiro atoms. The summed E-state index contributed by atoms with van der Waals surface area (Å²) in [5.41, 5.74) is 5.64. The quantitative estimate of drug-likeness (QED) is 0.169. The molecule has 1 aliphatic carbocycles. The number of benzene rings is 2. The highest BCUT2D eigenvalue weighted by molar-refractivity contribution is 8.00. The Balaban J connectivity index is 1.25. The minimum Gasteiger partial charge on any atom is -0.482 e. The second-order valence-electron chi connectivity index (χ2n) is 10.0. The van der Waals surface area contributed by atoms with E-state index < -0.39 is 5.25 Å². The molecule has 39 heavy (non-hydrogen) atoms. The van der Waals surface area contributed by atoms with Gasteiger partial charge in [-0.3, -0.25) is 14.4 Å².